The molecule has 0 aromatic carbocycles. The maximum absolute atomic E-state index is 13.0. The fourth-order valence-electron chi connectivity index (χ4n) is 4.77. The molecular weight excluding hydrogens is 372 g/mol. The summed E-state index contributed by atoms with van der Waals surface area (Å²) in [4.78, 5) is 34.0. The Bertz CT molecular complexity index is 920. The highest BCUT2D eigenvalue weighted by molar-refractivity contribution is 5.92. The summed E-state index contributed by atoms with van der Waals surface area (Å²) in [6, 6.07) is 1.77. The number of amides is 2. The zero-order valence-corrected chi connectivity index (χ0v) is 16.6. The van der Waals surface area contributed by atoms with E-state index in [0.29, 0.717) is 38.2 Å². The van der Waals surface area contributed by atoms with Gasteiger partial charge in [-0.05, 0) is 25.8 Å². The van der Waals surface area contributed by atoms with E-state index in [4.69, 9.17) is 4.74 Å². The Hall–Kier alpha value is -2.68. The normalized spacial score (nSPS) is 23.4. The number of H-pyrrole nitrogens is 1. The summed E-state index contributed by atoms with van der Waals surface area (Å²) in [6.45, 7) is 5.09. The van der Waals surface area contributed by atoms with Crippen molar-refractivity contribution in [3.8, 4) is 0 Å². The topological polar surface area (TPSA) is 96.3 Å². The second-order valence-corrected chi connectivity index (χ2v) is 8.26. The van der Waals surface area contributed by atoms with Gasteiger partial charge in [0.2, 0.25) is 0 Å². The molecule has 29 heavy (non-hydrogen) atoms. The summed E-state index contributed by atoms with van der Waals surface area (Å²) in [7, 11) is 0. The predicted molar refractivity (Wildman–Crippen MR) is 103 cm³/mol. The van der Waals surface area contributed by atoms with Gasteiger partial charge in [-0.25, -0.2) is 4.98 Å². The fourth-order valence-corrected chi connectivity index (χ4v) is 4.77. The number of aryl methyl sites for hydroxylation is 1. The van der Waals surface area contributed by atoms with Gasteiger partial charge in [0.05, 0.1) is 6.54 Å². The van der Waals surface area contributed by atoms with E-state index in [0.717, 1.165) is 37.4 Å². The van der Waals surface area contributed by atoms with Crippen LogP contribution in [0.5, 0.6) is 0 Å². The molecule has 0 unspecified atom stereocenters. The van der Waals surface area contributed by atoms with Crippen LogP contribution in [-0.4, -0.2) is 73.6 Å². The summed E-state index contributed by atoms with van der Waals surface area (Å²) in [5.41, 5.74) is 0.675. The molecule has 1 atom stereocenters. The SMILES string of the molecule is Cc1cc(C(=O)N2CCC3(CC2)O[C@H](C(=O)N2CCCC2)Cn2ccnc23)n[nH]1. The summed E-state index contributed by atoms with van der Waals surface area (Å²) in [6.07, 6.45) is 6.55. The number of hydrogen-bond donors (Lipinski definition) is 1. The number of likely N-dealkylation sites (tertiary alicyclic amines) is 2. The quantitative estimate of drug-likeness (QED) is 0.816. The Morgan fingerprint density at radius 2 is 1.93 bits per heavy atom. The number of piperidine rings is 1. The van der Waals surface area contributed by atoms with Crippen LogP contribution in [0.3, 0.4) is 0 Å². The Labute approximate surface area is 169 Å². The van der Waals surface area contributed by atoms with Gasteiger partial charge in [-0.1, -0.05) is 0 Å². The van der Waals surface area contributed by atoms with Crippen molar-refractivity contribution in [3.63, 3.8) is 0 Å². The van der Waals surface area contributed by atoms with Crippen LogP contribution >= 0.6 is 0 Å². The number of carbonyl (C=O) groups excluding carboxylic acids is 2. The summed E-state index contributed by atoms with van der Waals surface area (Å²) in [5, 5.41) is 6.91. The van der Waals surface area contributed by atoms with Crippen LogP contribution in [0.25, 0.3) is 0 Å². The van der Waals surface area contributed by atoms with Gasteiger partial charge in [0, 0.05) is 57.1 Å². The third kappa shape index (κ3) is 3.13. The van der Waals surface area contributed by atoms with Crippen LogP contribution < -0.4 is 0 Å². The predicted octanol–water partition coefficient (Wildman–Crippen LogP) is 1.07. The largest absolute Gasteiger partial charge is 0.352 e. The third-order valence-corrected chi connectivity index (χ3v) is 6.33. The summed E-state index contributed by atoms with van der Waals surface area (Å²) in [5.74, 6) is 0.866. The Morgan fingerprint density at radius 1 is 1.17 bits per heavy atom. The molecule has 5 heterocycles. The standard InChI is InChI=1S/C20H26N6O3/c1-14-12-15(23-22-14)17(27)25-9-4-20(5-10-25)19-21-6-11-26(19)13-16(29-20)18(28)24-7-2-3-8-24/h6,11-12,16H,2-5,7-10,13H2,1H3,(H,22,23)/t16-/m0/s1. The molecule has 2 aromatic heterocycles. The number of rotatable bonds is 2. The summed E-state index contributed by atoms with van der Waals surface area (Å²) < 4.78 is 8.53. The first-order chi connectivity index (χ1) is 14.1. The van der Waals surface area contributed by atoms with Crippen molar-refractivity contribution in [2.75, 3.05) is 26.2 Å². The van der Waals surface area contributed by atoms with E-state index in [1.165, 1.54) is 0 Å². The molecule has 9 nitrogen and oxygen atoms in total. The zero-order valence-electron chi connectivity index (χ0n) is 16.6. The average molecular weight is 398 g/mol. The van der Waals surface area contributed by atoms with Crippen LogP contribution in [0.15, 0.2) is 18.5 Å². The third-order valence-electron chi connectivity index (χ3n) is 6.33. The lowest BCUT2D eigenvalue weighted by Crippen LogP contribution is -2.55. The highest BCUT2D eigenvalue weighted by atomic mass is 16.5. The molecule has 0 saturated carbocycles. The number of nitrogens with zero attached hydrogens (tertiary/aromatic N) is 5. The number of carbonyl (C=O) groups is 2. The van der Waals surface area contributed by atoms with Crippen LogP contribution in [0.2, 0.25) is 0 Å². The van der Waals surface area contributed by atoms with Crippen LogP contribution in [0.4, 0.5) is 0 Å². The lowest BCUT2D eigenvalue weighted by Gasteiger charge is -2.45. The Balaban J connectivity index is 1.34. The molecule has 0 aliphatic carbocycles. The molecule has 5 rings (SSSR count). The van der Waals surface area contributed by atoms with E-state index < -0.39 is 11.7 Å². The van der Waals surface area contributed by atoms with Gasteiger partial charge >= 0.3 is 0 Å². The number of imidazole rings is 1. The maximum atomic E-state index is 13.0. The van der Waals surface area contributed by atoms with Gasteiger partial charge in [0.25, 0.3) is 11.8 Å². The monoisotopic (exact) mass is 398 g/mol. The second kappa shape index (κ2) is 6.98. The number of hydrogen-bond acceptors (Lipinski definition) is 5. The first-order valence-electron chi connectivity index (χ1n) is 10.4. The van der Waals surface area contributed by atoms with E-state index in [1.807, 2.05) is 22.9 Å². The number of ether oxygens (including phenoxy) is 1. The molecule has 3 aliphatic rings. The molecule has 2 amide bonds. The van der Waals surface area contributed by atoms with Crippen molar-refractivity contribution < 1.29 is 14.3 Å². The van der Waals surface area contributed by atoms with Gasteiger partial charge in [0.1, 0.15) is 17.1 Å². The molecule has 2 aromatic rings. The minimum atomic E-state index is -0.625. The average Bonchev–Trinajstić information content (AvgIpc) is 3.49. The van der Waals surface area contributed by atoms with E-state index in [9.17, 15) is 9.59 Å². The van der Waals surface area contributed by atoms with Crippen molar-refractivity contribution >= 4 is 11.8 Å². The molecule has 154 valence electrons. The van der Waals surface area contributed by atoms with E-state index in [-0.39, 0.29) is 11.8 Å². The van der Waals surface area contributed by atoms with Crippen LogP contribution in [0.1, 0.15) is 47.7 Å². The second-order valence-electron chi connectivity index (χ2n) is 8.26. The van der Waals surface area contributed by atoms with Crippen molar-refractivity contribution in [2.45, 2.75) is 50.9 Å². The molecule has 2 fully saturated rings. The molecule has 0 radical (unpaired) electrons. The number of fused-ring (bicyclic) bond motifs is 2. The smallest absolute Gasteiger partial charge is 0.274 e. The summed E-state index contributed by atoms with van der Waals surface area (Å²) >= 11 is 0. The Morgan fingerprint density at radius 3 is 2.62 bits per heavy atom. The first-order valence-corrected chi connectivity index (χ1v) is 10.4. The van der Waals surface area contributed by atoms with Gasteiger partial charge in [-0.15, -0.1) is 0 Å². The molecule has 1 N–H and O–H groups in total. The fraction of sp³-hybridized carbons (Fsp3) is 0.600. The van der Waals surface area contributed by atoms with E-state index >= 15 is 0 Å². The van der Waals surface area contributed by atoms with Crippen LogP contribution in [-0.2, 0) is 21.7 Å². The minimum absolute atomic E-state index is 0.0757. The maximum Gasteiger partial charge on any atom is 0.274 e. The lowest BCUT2D eigenvalue weighted by atomic mass is 9.88. The van der Waals surface area contributed by atoms with Crippen molar-refractivity contribution in [2.24, 2.45) is 0 Å². The molecule has 9 heteroatoms. The van der Waals surface area contributed by atoms with Crippen molar-refractivity contribution in [1.29, 1.82) is 0 Å². The first kappa shape index (κ1) is 18.4. The van der Waals surface area contributed by atoms with Gasteiger partial charge in [-0.3, -0.25) is 14.7 Å². The highest BCUT2D eigenvalue weighted by Gasteiger charge is 2.48. The molecule has 3 aliphatic heterocycles. The number of nitrogens with one attached hydrogen (secondary N) is 1. The molecule has 2 saturated heterocycles. The Kier molecular flexibility index (Phi) is 4.42. The zero-order chi connectivity index (χ0) is 20.0. The molecule has 1 spiro atoms. The number of aromatic nitrogens is 4. The van der Waals surface area contributed by atoms with Gasteiger partial charge in [-0.2, -0.15) is 5.10 Å². The van der Waals surface area contributed by atoms with Crippen LogP contribution in [0, 0.1) is 6.92 Å². The number of aromatic amines is 1. The van der Waals surface area contributed by atoms with E-state index in [1.54, 1.807) is 12.3 Å². The highest BCUT2D eigenvalue weighted by Crippen LogP contribution is 2.40. The van der Waals surface area contributed by atoms with Gasteiger partial charge < -0.3 is 19.1 Å². The van der Waals surface area contributed by atoms with Crippen molar-refractivity contribution in [3.05, 3.63) is 35.7 Å². The van der Waals surface area contributed by atoms with Gasteiger partial charge in [0.15, 0.2) is 6.10 Å². The molecule has 0 bridgehead atoms. The lowest BCUT2D eigenvalue weighted by molar-refractivity contribution is -0.179. The van der Waals surface area contributed by atoms with E-state index in [2.05, 4.69) is 19.7 Å². The van der Waals surface area contributed by atoms with Crippen molar-refractivity contribution in [1.82, 2.24) is 29.5 Å². The molecular formula is C20H26N6O3. The minimum Gasteiger partial charge on any atom is -0.352 e.